The number of hydrogen-bond donors (Lipinski definition) is 1. The molecular formula is C13H15NO3. The van der Waals surface area contributed by atoms with Gasteiger partial charge in [-0.2, -0.15) is 0 Å². The van der Waals surface area contributed by atoms with Crippen molar-refractivity contribution in [3.05, 3.63) is 35.9 Å². The molecule has 0 radical (unpaired) electrons. The number of nitrogens with one attached hydrogen (secondary N) is 1. The standard InChI is InChI=1S/C13H15NO3/c1-17-13(16)11-8-10(12(15)14-11)7-9-5-3-2-4-6-9/h2-6,10-11H,7-8H2,1H3,(H,14,15)/t10?,11-/m0/s1. The third-order valence-corrected chi connectivity index (χ3v) is 3.02. The monoisotopic (exact) mass is 233 g/mol. The Morgan fingerprint density at radius 1 is 1.41 bits per heavy atom. The van der Waals surface area contributed by atoms with E-state index in [2.05, 4.69) is 10.1 Å². The van der Waals surface area contributed by atoms with Crippen LogP contribution in [-0.4, -0.2) is 25.0 Å². The molecule has 2 atom stereocenters. The molecule has 1 aliphatic rings. The average Bonchev–Trinajstić information content (AvgIpc) is 2.71. The van der Waals surface area contributed by atoms with E-state index in [1.54, 1.807) is 0 Å². The Balaban J connectivity index is 1.99. The minimum absolute atomic E-state index is 0.0655. The van der Waals surface area contributed by atoms with Gasteiger partial charge < -0.3 is 10.1 Å². The third-order valence-electron chi connectivity index (χ3n) is 3.02. The molecular weight excluding hydrogens is 218 g/mol. The lowest BCUT2D eigenvalue weighted by Gasteiger charge is -2.07. The molecule has 0 aliphatic carbocycles. The molecule has 1 heterocycles. The lowest BCUT2D eigenvalue weighted by molar-refractivity contribution is -0.143. The van der Waals surface area contributed by atoms with Crippen molar-refractivity contribution < 1.29 is 14.3 Å². The van der Waals surface area contributed by atoms with Crippen molar-refractivity contribution in [3.63, 3.8) is 0 Å². The molecule has 1 amide bonds. The highest BCUT2D eigenvalue weighted by atomic mass is 16.5. The molecule has 1 N–H and O–H groups in total. The van der Waals surface area contributed by atoms with E-state index < -0.39 is 6.04 Å². The molecule has 2 rings (SSSR count). The molecule has 1 unspecified atom stereocenters. The number of esters is 1. The van der Waals surface area contributed by atoms with Gasteiger partial charge in [-0.25, -0.2) is 4.79 Å². The molecule has 1 saturated heterocycles. The summed E-state index contributed by atoms with van der Waals surface area (Å²) in [6.45, 7) is 0. The van der Waals surface area contributed by atoms with E-state index in [9.17, 15) is 9.59 Å². The number of benzene rings is 1. The summed E-state index contributed by atoms with van der Waals surface area (Å²) < 4.78 is 4.63. The van der Waals surface area contributed by atoms with Crippen LogP contribution in [0.2, 0.25) is 0 Å². The minimum atomic E-state index is -0.485. The molecule has 1 aromatic rings. The van der Waals surface area contributed by atoms with Crippen LogP contribution < -0.4 is 5.32 Å². The van der Waals surface area contributed by atoms with Gasteiger partial charge >= 0.3 is 5.97 Å². The van der Waals surface area contributed by atoms with E-state index in [0.717, 1.165) is 5.56 Å². The van der Waals surface area contributed by atoms with Crippen molar-refractivity contribution in [2.24, 2.45) is 5.92 Å². The van der Waals surface area contributed by atoms with Crippen LogP contribution in [-0.2, 0) is 20.7 Å². The van der Waals surface area contributed by atoms with E-state index in [-0.39, 0.29) is 17.8 Å². The summed E-state index contributed by atoms with van der Waals surface area (Å²) in [6, 6.07) is 9.31. The maximum absolute atomic E-state index is 11.7. The van der Waals surface area contributed by atoms with Crippen LogP contribution in [0.1, 0.15) is 12.0 Å². The van der Waals surface area contributed by atoms with Crippen molar-refractivity contribution >= 4 is 11.9 Å². The van der Waals surface area contributed by atoms with Crippen LogP contribution in [0.5, 0.6) is 0 Å². The minimum Gasteiger partial charge on any atom is -0.467 e. The van der Waals surface area contributed by atoms with Gasteiger partial charge in [-0.05, 0) is 18.4 Å². The normalized spacial score (nSPS) is 23.2. The van der Waals surface area contributed by atoms with Crippen molar-refractivity contribution in [1.82, 2.24) is 5.32 Å². The highest BCUT2D eigenvalue weighted by Gasteiger charge is 2.36. The highest BCUT2D eigenvalue weighted by molar-refractivity contribution is 5.89. The van der Waals surface area contributed by atoms with Gasteiger partial charge in [-0.1, -0.05) is 30.3 Å². The van der Waals surface area contributed by atoms with Crippen LogP contribution in [0.15, 0.2) is 30.3 Å². The van der Waals surface area contributed by atoms with Gasteiger partial charge in [0.2, 0.25) is 5.91 Å². The van der Waals surface area contributed by atoms with Gasteiger partial charge in [0, 0.05) is 5.92 Å². The molecule has 0 aromatic heterocycles. The van der Waals surface area contributed by atoms with Crippen LogP contribution >= 0.6 is 0 Å². The van der Waals surface area contributed by atoms with Crippen molar-refractivity contribution in [3.8, 4) is 0 Å². The first kappa shape index (κ1) is 11.6. The van der Waals surface area contributed by atoms with Gasteiger partial charge in [-0.3, -0.25) is 4.79 Å². The second-order valence-electron chi connectivity index (χ2n) is 4.21. The van der Waals surface area contributed by atoms with Gasteiger partial charge in [0.25, 0.3) is 0 Å². The topological polar surface area (TPSA) is 55.4 Å². The predicted molar refractivity (Wildman–Crippen MR) is 62.2 cm³/mol. The van der Waals surface area contributed by atoms with Crippen molar-refractivity contribution in [2.75, 3.05) is 7.11 Å². The summed E-state index contributed by atoms with van der Waals surface area (Å²) in [5.41, 5.74) is 1.11. The molecule has 4 heteroatoms. The second-order valence-corrected chi connectivity index (χ2v) is 4.21. The summed E-state index contributed by atoms with van der Waals surface area (Å²) in [6.07, 6.45) is 1.18. The molecule has 1 fully saturated rings. The number of rotatable bonds is 3. The van der Waals surface area contributed by atoms with Crippen LogP contribution in [0.4, 0.5) is 0 Å². The summed E-state index contributed by atoms with van der Waals surface area (Å²) in [5.74, 6) is -0.570. The number of carbonyl (C=O) groups is 2. The largest absolute Gasteiger partial charge is 0.467 e. The molecule has 17 heavy (non-hydrogen) atoms. The lowest BCUT2D eigenvalue weighted by atomic mass is 9.96. The van der Waals surface area contributed by atoms with Crippen LogP contribution in [0.25, 0.3) is 0 Å². The molecule has 0 spiro atoms. The number of hydrogen-bond acceptors (Lipinski definition) is 3. The summed E-state index contributed by atoms with van der Waals surface area (Å²) in [7, 11) is 1.33. The Morgan fingerprint density at radius 3 is 2.76 bits per heavy atom. The number of amides is 1. The molecule has 1 aromatic carbocycles. The van der Waals surface area contributed by atoms with Crippen LogP contribution in [0.3, 0.4) is 0 Å². The summed E-state index contributed by atoms with van der Waals surface area (Å²) in [5, 5.41) is 2.66. The zero-order valence-corrected chi connectivity index (χ0v) is 9.68. The fourth-order valence-corrected chi connectivity index (χ4v) is 2.11. The van der Waals surface area contributed by atoms with Gasteiger partial charge in [0.1, 0.15) is 6.04 Å². The Bertz CT molecular complexity index is 416. The second kappa shape index (κ2) is 4.99. The highest BCUT2D eigenvalue weighted by Crippen LogP contribution is 2.20. The van der Waals surface area contributed by atoms with E-state index in [1.807, 2.05) is 30.3 Å². The first-order valence-corrected chi connectivity index (χ1v) is 5.63. The zero-order chi connectivity index (χ0) is 12.3. The first-order chi connectivity index (χ1) is 8.20. The van der Waals surface area contributed by atoms with Gasteiger partial charge in [0.15, 0.2) is 0 Å². The summed E-state index contributed by atoms with van der Waals surface area (Å²) >= 11 is 0. The quantitative estimate of drug-likeness (QED) is 0.789. The fraction of sp³-hybridized carbons (Fsp3) is 0.385. The average molecular weight is 233 g/mol. The maximum atomic E-state index is 11.7. The SMILES string of the molecule is COC(=O)[C@@H]1CC(Cc2ccccc2)C(=O)N1. The molecule has 1 aliphatic heterocycles. The van der Waals surface area contributed by atoms with E-state index >= 15 is 0 Å². The van der Waals surface area contributed by atoms with Crippen LogP contribution in [0, 0.1) is 5.92 Å². The van der Waals surface area contributed by atoms with E-state index in [4.69, 9.17) is 0 Å². The van der Waals surface area contributed by atoms with E-state index in [0.29, 0.717) is 12.8 Å². The van der Waals surface area contributed by atoms with Gasteiger partial charge in [-0.15, -0.1) is 0 Å². The maximum Gasteiger partial charge on any atom is 0.328 e. The van der Waals surface area contributed by atoms with Gasteiger partial charge in [0.05, 0.1) is 7.11 Å². The molecule has 0 bridgehead atoms. The molecule has 0 saturated carbocycles. The molecule has 90 valence electrons. The molecule has 4 nitrogen and oxygen atoms in total. The van der Waals surface area contributed by atoms with Crippen molar-refractivity contribution in [2.45, 2.75) is 18.9 Å². The Kier molecular flexibility index (Phi) is 3.42. The Hall–Kier alpha value is -1.84. The smallest absolute Gasteiger partial charge is 0.328 e. The number of carbonyl (C=O) groups excluding carboxylic acids is 2. The third kappa shape index (κ3) is 2.64. The predicted octanol–water partition coefficient (Wildman–Crippen LogP) is 0.907. The number of methoxy groups -OCH3 is 1. The Morgan fingerprint density at radius 2 is 2.12 bits per heavy atom. The Labute approximate surface area is 100.0 Å². The summed E-state index contributed by atoms with van der Waals surface area (Å²) in [4.78, 5) is 23.0. The van der Waals surface area contributed by atoms with E-state index in [1.165, 1.54) is 7.11 Å². The first-order valence-electron chi connectivity index (χ1n) is 5.63. The number of ether oxygens (including phenoxy) is 1. The fourth-order valence-electron chi connectivity index (χ4n) is 2.11. The van der Waals surface area contributed by atoms with Crippen molar-refractivity contribution in [1.29, 1.82) is 0 Å². The zero-order valence-electron chi connectivity index (χ0n) is 9.68. The lowest BCUT2D eigenvalue weighted by Crippen LogP contribution is -2.34.